The second kappa shape index (κ2) is 14.0. The minimum atomic E-state index is -0.853. The number of nitrogens with zero attached hydrogens (tertiary/aromatic N) is 2. The molecule has 2 aromatic rings. The minimum absolute atomic E-state index is 0.147. The zero-order valence-electron chi connectivity index (χ0n) is 21.8. The lowest BCUT2D eigenvalue weighted by Gasteiger charge is -2.34. The maximum absolute atomic E-state index is 11.9. The first-order valence-electron chi connectivity index (χ1n) is 12.5. The van der Waals surface area contributed by atoms with Crippen LogP contribution < -0.4 is 4.74 Å². The minimum Gasteiger partial charge on any atom is -0.491 e. The molecule has 2 unspecified atom stereocenters. The highest BCUT2D eigenvalue weighted by Gasteiger charge is 2.30. The zero-order valence-corrected chi connectivity index (χ0v) is 22.5. The van der Waals surface area contributed by atoms with Crippen molar-refractivity contribution in [3.63, 3.8) is 0 Å². The standard InChI is InChI=1S/C26H31ClN2O5.C2H6/c1-4-28(25(18(3)26(32)33)20-6-8-21(27)9-7-20)16-19-5-10-22(17(2)15-19)34-14-13-29-23(30)11-12-24(29)31;1-2/h5-10,15,18,25H,4,11-14,16H2,1-3H3,(H,32,33);1-2H3. The SMILES string of the molecule is CC.CCN(Cc1ccc(OCCN2C(=O)CCC2=O)c(C)c1)C(c1ccc(Cl)cc1)C(C)C(=O)O. The lowest BCUT2D eigenvalue weighted by atomic mass is 9.92. The van der Waals surface area contributed by atoms with Crippen molar-refractivity contribution < 1.29 is 24.2 Å². The smallest absolute Gasteiger partial charge is 0.308 e. The van der Waals surface area contributed by atoms with Crippen molar-refractivity contribution in [3.8, 4) is 5.75 Å². The van der Waals surface area contributed by atoms with Crippen LogP contribution in [0.5, 0.6) is 5.75 Å². The number of ether oxygens (including phenoxy) is 1. The molecule has 1 heterocycles. The number of halogens is 1. The Morgan fingerprint density at radius 2 is 1.72 bits per heavy atom. The number of aliphatic carboxylic acids is 1. The van der Waals surface area contributed by atoms with E-state index in [9.17, 15) is 19.5 Å². The molecule has 3 rings (SSSR count). The first-order chi connectivity index (χ1) is 17.2. The number of likely N-dealkylation sites (tertiary alicyclic amines) is 1. The van der Waals surface area contributed by atoms with Gasteiger partial charge in [0.1, 0.15) is 12.4 Å². The van der Waals surface area contributed by atoms with Gasteiger partial charge in [-0.05, 0) is 48.4 Å². The second-order valence-electron chi connectivity index (χ2n) is 8.57. The first kappa shape index (κ1) is 29.3. The molecule has 0 bridgehead atoms. The highest BCUT2D eigenvalue weighted by molar-refractivity contribution is 6.30. The summed E-state index contributed by atoms with van der Waals surface area (Å²) < 4.78 is 5.83. The number of aryl methyl sites for hydroxylation is 1. The molecule has 2 amide bonds. The van der Waals surface area contributed by atoms with Crippen molar-refractivity contribution in [2.75, 3.05) is 19.7 Å². The Labute approximate surface area is 219 Å². The van der Waals surface area contributed by atoms with Gasteiger partial charge in [0, 0.05) is 30.5 Å². The van der Waals surface area contributed by atoms with Crippen LogP contribution in [0.1, 0.15) is 63.3 Å². The molecular weight excluding hydrogens is 480 g/mol. The van der Waals surface area contributed by atoms with Gasteiger partial charge in [-0.3, -0.25) is 24.2 Å². The number of benzene rings is 2. The summed E-state index contributed by atoms with van der Waals surface area (Å²) >= 11 is 6.04. The molecule has 0 radical (unpaired) electrons. The Hall–Kier alpha value is -2.90. The predicted molar refractivity (Wildman–Crippen MR) is 141 cm³/mol. The Bertz CT molecular complexity index is 1020. The molecule has 1 aliphatic heterocycles. The van der Waals surface area contributed by atoms with Crippen LogP contribution in [0.2, 0.25) is 5.02 Å². The monoisotopic (exact) mass is 516 g/mol. The molecule has 2 atom stereocenters. The molecule has 8 heteroatoms. The number of amides is 2. The van der Waals surface area contributed by atoms with E-state index in [0.717, 1.165) is 16.7 Å². The van der Waals surface area contributed by atoms with Crippen LogP contribution in [-0.2, 0) is 20.9 Å². The topological polar surface area (TPSA) is 87.2 Å². The van der Waals surface area contributed by atoms with Gasteiger partial charge in [-0.25, -0.2) is 0 Å². The van der Waals surface area contributed by atoms with Gasteiger partial charge < -0.3 is 9.84 Å². The molecule has 36 heavy (non-hydrogen) atoms. The number of imide groups is 1. The number of hydrogen-bond acceptors (Lipinski definition) is 5. The van der Waals surface area contributed by atoms with Crippen LogP contribution in [0.15, 0.2) is 42.5 Å². The second-order valence-corrected chi connectivity index (χ2v) is 9.01. The molecule has 0 spiro atoms. The van der Waals surface area contributed by atoms with Gasteiger partial charge in [0.05, 0.1) is 12.5 Å². The average Bonchev–Trinajstić information content (AvgIpc) is 3.19. The Morgan fingerprint density at radius 3 is 2.25 bits per heavy atom. The third-order valence-corrected chi connectivity index (χ3v) is 6.48. The molecule has 1 aliphatic rings. The van der Waals surface area contributed by atoms with Crippen molar-refractivity contribution in [3.05, 3.63) is 64.2 Å². The molecule has 0 aliphatic carbocycles. The van der Waals surface area contributed by atoms with Crippen LogP contribution >= 0.6 is 11.6 Å². The van der Waals surface area contributed by atoms with E-state index in [-0.39, 0.29) is 43.8 Å². The van der Waals surface area contributed by atoms with E-state index in [4.69, 9.17) is 16.3 Å². The fraction of sp³-hybridized carbons (Fsp3) is 0.464. The number of hydrogen-bond donors (Lipinski definition) is 1. The fourth-order valence-electron chi connectivity index (χ4n) is 4.34. The summed E-state index contributed by atoms with van der Waals surface area (Å²) in [7, 11) is 0. The highest BCUT2D eigenvalue weighted by Crippen LogP contribution is 2.32. The van der Waals surface area contributed by atoms with E-state index in [0.29, 0.717) is 23.9 Å². The molecule has 1 N–H and O–H groups in total. The van der Waals surface area contributed by atoms with Gasteiger partial charge in [0.15, 0.2) is 0 Å². The number of carbonyl (C=O) groups is 3. The van der Waals surface area contributed by atoms with Crippen molar-refractivity contribution in [1.29, 1.82) is 0 Å². The lowest BCUT2D eigenvalue weighted by Crippen LogP contribution is -2.35. The van der Waals surface area contributed by atoms with Crippen LogP contribution in [0.25, 0.3) is 0 Å². The maximum Gasteiger partial charge on any atom is 0.308 e. The van der Waals surface area contributed by atoms with E-state index in [1.54, 1.807) is 19.1 Å². The van der Waals surface area contributed by atoms with E-state index in [2.05, 4.69) is 4.90 Å². The van der Waals surface area contributed by atoms with Crippen molar-refractivity contribution in [1.82, 2.24) is 9.80 Å². The Balaban J connectivity index is 0.00000222. The maximum atomic E-state index is 11.9. The number of carboxylic acids is 1. The third kappa shape index (κ3) is 7.55. The summed E-state index contributed by atoms with van der Waals surface area (Å²) in [6.07, 6.45) is 0.552. The third-order valence-electron chi connectivity index (χ3n) is 6.23. The Kier molecular flexibility index (Phi) is 11.4. The number of carbonyl (C=O) groups excluding carboxylic acids is 2. The van der Waals surface area contributed by atoms with E-state index in [1.807, 2.05) is 58.0 Å². The molecular formula is C28H37ClN2O5. The van der Waals surface area contributed by atoms with Crippen LogP contribution in [0.4, 0.5) is 0 Å². The van der Waals surface area contributed by atoms with Gasteiger partial charge in [0.25, 0.3) is 0 Å². The summed E-state index contributed by atoms with van der Waals surface area (Å²) in [5.74, 6) is -1.06. The van der Waals surface area contributed by atoms with Crippen molar-refractivity contribution in [2.45, 2.75) is 60.0 Å². The normalized spacial score (nSPS) is 14.9. The summed E-state index contributed by atoms with van der Waals surface area (Å²) in [4.78, 5) is 38.7. The summed E-state index contributed by atoms with van der Waals surface area (Å²) in [6.45, 7) is 11.4. The van der Waals surface area contributed by atoms with Crippen LogP contribution in [-0.4, -0.2) is 52.4 Å². The van der Waals surface area contributed by atoms with Gasteiger partial charge in [0.2, 0.25) is 11.8 Å². The predicted octanol–water partition coefficient (Wildman–Crippen LogP) is 5.49. The molecule has 196 valence electrons. The molecule has 2 aromatic carbocycles. The van der Waals surface area contributed by atoms with Gasteiger partial charge >= 0.3 is 5.97 Å². The summed E-state index contributed by atoms with van der Waals surface area (Å²) in [6, 6.07) is 12.9. The first-order valence-corrected chi connectivity index (χ1v) is 12.9. The quantitative estimate of drug-likeness (QED) is 0.397. The van der Waals surface area contributed by atoms with Gasteiger partial charge in [-0.2, -0.15) is 0 Å². The van der Waals surface area contributed by atoms with Crippen LogP contribution in [0, 0.1) is 12.8 Å². The zero-order chi connectivity index (χ0) is 26.8. The van der Waals surface area contributed by atoms with Crippen molar-refractivity contribution in [2.24, 2.45) is 5.92 Å². The highest BCUT2D eigenvalue weighted by atomic mass is 35.5. The largest absolute Gasteiger partial charge is 0.491 e. The molecule has 1 saturated heterocycles. The summed E-state index contributed by atoms with van der Waals surface area (Å²) in [5, 5.41) is 10.3. The van der Waals surface area contributed by atoms with E-state index < -0.39 is 11.9 Å². The Morgan fingerprint density at radius 1 is 1.11 bits per heavy atom. The number of carboxylic acid groups (broad SMARTS) is 1. The molecule has 0 saturated carbocycles. The van der Waals surface area contributed by atoms with Crippen molar-refractivity contribution >= 4 is 29.4 Å². The molecule has 7 nitrogen and oxygen atoms in total. The van der Waals surface area contributed by atoms with E-state index >= 15 is 0 Å². The summed E-state index contributed by atoms with van der Waals surface area (Å²) in [5.41, 5.74) is 2.87. The van der Waals surface area contributed by atoms with E-state index in [1.165, 1.54) is 4.90 Å². The lowest BCUT2D eigenvalue weighted by molar-refractivity contribution is -0.144. The van der Waals surface area contributed by atoms with Crippen LogP contribution in [0.3, 0.4) is 0 Å². The molecule has 0 aromatic heterocycles. The fourth-order valence-corrected chi connectivity index (χ4v) is 4.47. The van der Waals surface area contributed by atoms with Gasteiger partial charge in [-0.1, -0.05) is 63.6 Å². The number of rotatable bonds is 11. The average molecular weight is 517 g/mol. The molecule has 1 fully saturated rings. The van der Waals surface area contributed by atoms with Gasteiger partial charge in [-0.15, -0.1) is 0 Å².